The fourth-order valence-electron chi connectivity index (χ4n) is 3.51. The summed E-state index contributed by atoms with van der Waals surface area (Å²) in [7, 11) is 0. The molecule has 0 aliphatic carbocycles. The van der Waals surface area contributed by atoms with Crippen molar-refractivity contribution in [2.45, 2.75) is 6.54 Å². The number of nitrogens with zero attached hydrogens (tertiary/aromatic N) is 2. The minimum Gasteiger partial charge on any atom is -0.322 e. The summed E-state index contributed by atoms with van der Waals surface area (Å²) in [6, 6.07) is 20.7. The number of hydrogen-bond donors (Lipinski definition) is 1. The van der Waals surface area contributed by atoms with Crippen molar-refractivity contribution in [2.75, 3.05) is 31.5 Å². The van der Waals surface area contributed by atoms with Crippen LogP contribution < -0.4 is 5.32 Å². The number of amides is 2. The Hall–Kier alpha value is -2.92. The molecule has 1 N–H and O–H groups in total. The van der Waals surface area contributed by atoms with Crippen LogP contribution in [0.3, 0.4) is 0 Å². The number of carbonyl (C=O) groups is 1. The highest BCUT2D eigenvalue weighted by Crippen LogP contribution is 2.23. The van der Waals surface area contributed by atoms with E-state index in [1.807, 2.05) is 59.5 Å². The highest BCUT2D eigenvalue weighted by Gasteiger charge is 2.22. The third kappa shape index (κ3) is 3.93. The molecule has 138 valence electrons. The molecule has 0 radical (unpaired) electrons. The zero-order chi connectivity index (χ0) is 18.6. The summed E-state index contributed by atoms with van der Waals surface area (Å²) in [5.41, 5.74) is 1.53. The number of fused-ring (bicyclic) bond motifs is 1. The summed E-state index contributed by atoms with van der Waals surface area (Å²) >= 11 is 0. The van der Waals surface area contributed by atoms with Crippen LogP contribution in [0.4, 0.5) is 14.9 Å². The van der Waals surface area contributed by atoms with Gasteiger partial charge in [-0.3, -0.25) is 4.90 Å². The Bertz CT molecular complexity index is 946. The first kappa shape index (κ1) is 17.5. The molecule has 1 aliphatic rings. The van der Waals surface area contributed by atoms with Crippen molar-refractivity contribution in [3.05, 3.63) is 78.1 Å². The molecule has 1 aliphatic heterocycles. The smallest absolute Gasteiger partial charge is 0.321 e. The predicted octanol–water partition coefficient (Wildman–Crippen LogP) is 4.33. The number of carbonyl (C=O) groups excluding carboxylic acids is 1. The third-order valence-corrected chi connectivity index (χ3v) is 5.04. The molecule has 0 atom stereocenters. The Morgan fingerprint density at radius 1 is 0.889 bits per heavy atom. The molecule has 2 amide bonds. The van der Waals surface area contributed by atoms with Gasteiger partial charge in [-0.25, -0.2) is 9.18 Å². The van der Waals surface area contributed by atoms with Crippen LogP contribution in [0.2, 0.25) is 0 Å². The molecule has 3 aromatic rings. The lowest BCUT2D eigenvalue weighted by atomic mass is 10.1. The molecule has 0 saturated carbocycles. The van der Waals surface area contributed by atoms with E-state index in [1.165, 1.54) is 6.07 Å². The van der Waals surface area contributed by atoms with Gasteiger partial charge in [-0.2, -0.15) is 0 Å². The zero-order valence-corrected chi connectivity index (χ0v) is 15.1. The molecular formula is C22H22FN3O. The van der Waals surface area contributed by atoms with Gasteiger partial charge in [-0.1, -0.05) is 54.6 Å². The molecular weight excluding hydrogens is 341 g/mol. The van der Waals surface area contributed by atoms with Crippen molar-refractivity contribution in [1.29, 1.82) is 0 Å². The molecule has 0 spiro atoms. The average Bonchev–Trinajstić information content (AvgIpc) is 2.70. The molecule has 3 aromatic carbocycles. The van der Waals surface area contributed by atoms with E-state index in [0.717, 1.165) is 29.5 Å². The van der Waals surface area contributed by atoms with E-state index in [1.54, 1.807) is 6.07 Å². The van der Waals surface area contributed by atoms with Crippen molar-refractivity contribution in [3.8, 4) is 0 Å². The van der Waals surface area contributed by atoms with E-state index < -0.39 is 0 Å². The second-order valence-electron chi connectivity index (χ2n) is 6.81. The molecule has 1 saturated heterocycles. The standard InChI is InChI=1S/C22H22FN3O/c23-20-10-4-2-7-18(20)16-25-12-14-26(15-13-25)22(27)24-21-11-5-8-17-6-1-3-9-19(17)21/h1-11H,12-16H2,(H,24,27). The van der Waals surface area contributed by atoms with Gasteiger partial charge >= 0.3 is 6.03 Å². The van der Waals surface area contributed by atoms with E-state index in [-0.39, 0.29) is 11.8 Å². The fourth-order valence-corrected chi connectivity index (χ4v) is 3.51. The lowest BCUT2D eigenvalue weighted by Gasteiger charge is -2.34. The minimum atomic E-state index is -0.173. The zero-order valence-electron chi connectivity index (χ0n) is 15.1. The van der Waals surface area contributed by atoms with Gasteiger partial charge in [0.1, 0.15) is 5.82 Å². The Kier molecular flexibility index (Phi) is 5.03. The molecule has 4 nitrogen and oxygen atoms in total. The Balaban J connectivity index is 1.37. The summed E-state index contributed by atoms with van der Waals surface area (Å²) in [4.78, 5) is 16.7. The lowest BCUT2D eigenvalue weighted by molar-refractivity contribution is 0.142. The van der Waals surface area contributed by atoms with Gasteiger partial charge in [0.2, 0.25) is 0 Å². The number of anilines is 1. The van der Waals surface area contributed by atoms with Crippen LogP contribution in [-0.4, -0.2) is 42.0 Å². The van der Waals surface area contributed by atoms with Gasteiger partial charge in [0.25, 0.3) is 0 Å². The van der Waals surface area contributed by atoms with Crippen LogP contribution in [-0.2, 0) is 6.54 Å². The quantitative estimate of drug-likeness (QED) is 0.752. The number of halogens is 1. The van der Waals surface area contributed by atoms with Crippen LogP contribution >= 0.6 is 0 Å². The largest absolute Gasteiger partial charge is 0.322 e. The van der Waals surface area contributed by atoms with E-state index in [4.69, 9.17) is 0 Å². The van der Waals surface area contributed by atoms with Crippen LogP contribution in [0.15, 0.2) is 66.7 Å². The predicted molar refractivity (Wildman–Crippen MR) is 106 cm³/mol. The number of piperazine rings is 1. The molecule has 0 unspecified atom stereocenters. The summed E-state index contributed by atoms with van der Waals surface area (Å²) in [6.07, 6.45) is 0. The van der Waals surface area contributed by atoms with E-state index >= 15 is 0 Å². The second kappa shape index (κ2) is 7.76. The summed E-state index contributed by atoms with van der Waals surface area (Å²) < 4.78 is 13.8. The van der Waals surface area contributed by atoms with Gasteiger partial charge in [0, 0.05) is 43.7 Å². The molecule has 0 aromatic heterocycles. The molecule has 27 heavy (non-hydrogen) atoms. The van der Waals surface area contributed by atoms with Crippen LogP contribution in [0.5, 0.6) is 0 Å². The van der Waals surface area contributed by atoms with Crippen molar-refractivity contribution < 1.29 is 9.18 Å². The first-order valence-corrected chi connectivity index (χ1v) is 9.20. The Morgan fingerprint density at radius 2 is 1.59 bits per heavy atom. The van der Waals surface area contributed by atoms with Crippen molar-refractivity contribution in [2.24, 2.45) is 0 Å². The first-order chi connectivity index (χ1) is 13.2. The van der Waals surface area contributed by atoms with Gasteiger partial charge < -0.3 is 10.2 Å². The normalized spacial score (nSPS) is 15.1. The van der Waals surface area contributed by atoms with Crippen molar-refractivity contribution in [1.82, 2.24) is 9.80 Å². The second-order valence-corrected chi connectivity index (χ2v) is 6.81. The summed E-state index contributed by atoms with van der Waals surface area (Å²) in [6.45, 7) is 3.30. The summed E-state index contributed by atoms with van der Waals surface area (Å²) in [5.74, 6) is -0.173. The fraction of sp³-hybridized carbons (Fsp3) is 0.227. The Labute approximate surface area is 158 Å². The molecule has 0 bridgehead atoms. The topological polar surface area (TPSA) is 35.6 Å². The number of rotatable bonds is 3. The van der Waals surface area contributed by atoms with Crippen LogP contribution in [0, 0.1) is 5.82 Å². The number of urea groups is 1. The maximum Gasteiger partial charge on any atom is 0.321 e. The van der Waals surface area contributed by atoms with E-state index in [0.29, 0.717) is 25.2 Å². The maximum absolute atomic E-state index is 13.8. The molecule has 4 rings (SSSR count). The molecule has 5 heteroatoms. The molecule has 1 fully saturated rings. The van der Waals surface area contributed by atoms with Gasteiger partial charge in [0.05, 0.1) is 5.69 Å². The average molecular weight is 363 g/mol. The van der Waals surface area contributed by atoms with Crippen LogP contribution in [0.25, 0.3) is 10.8 Å². The van der Waals surface area contributed by atoms with Gasteiger partial charge in [-0.15, -0.1) is 0 Å². The van der Waals surface area contributed by atoms with Crippen molar-refractivity contribution >= 4 is 22.5 Å². The monoisotopic (exact) mass is 363 g/mol. The number of nitrogens with one attached hydrogen (secondary N) is 1. The highest BCUT2D eigenvalue weighted by molar-refractivity contribution is 6.01. The maximum atomic E-state index is 13.8. The van der Waals surface area contributed by atoms with Crippen molar-refractivity contribution in [3.63, 3.8) is 0 Å². The SMILES string of the molecule is O=C(Nc1cccc2ccccc12)N1CCN(Cc2ccccc2F)CC1. The Morgan fingerprint density at radius 3 is 2.41 bits per heavy atom. The first-order valence-electron chi connectivity index (χ1n) is 9.20. The van der Waals surface area contributed by atoms with Gasteiger partial charge in [0.15, 0.2) is 0 Å². The third-order valence-electron chi connectivity index (χ3n) is 5.04. The van der Waals surface area contributed by atoms with E-state index in [9.17, 15) is 9.18 Å². The lowest BCUT2D eigenvalue weighted by Crippen LogP contribution is -2.49. The van der Waals surface area contributed by atoms with Gasteiger partial charge in [-0.05, 0) is 17.5 Å². The number of benzene rings is 3. The summed E-state index contributed by atoms with van der Waals surface area (Å²) in [5, 5.41) is 5.17. The minimum absolute atomic E-state index is 0.0862. The van der Waals surface area contributed by atoms with Crippen LogP contribution in [0.1, 0.15) is 5.56 Å². The number of hydrogen-bond acceptors (Lipinski definition) is 2. The molecule has 1 heterocycles. The van der Waals surface area contributed by atoms with E-state index in [2.05, 4.69) is 10.2 Å². The highest BCUT2D eigenvalue weighted by atomic mass is 19.1.